The molecule has 1 saturated heterocycles. The molecule has 0 radical (unpaired) electrons. The minimum Gasteiger partial charge on any atom is -0.497 e. The first-order valence-corrected chi connectivity index (χ1v) is 10.4. The van der Waals surface area contributed by atoms with Gasteiger partial charge in [-0.1, -0.05) is 28.1 Å². The Morgan fingerprint density at radius 3 is 2.46 bits per heavy atom. The molecule has 5 nitrogen and oxygen atoms in total. The summed E-state index contributed by atoms with van der Waals surface area (Å²) in [4.78, 5) is 13.7. The van der Waals surface area contributed by atoms with Crippen LogP contribution in [0.2, 0.25) is 0 Å². The van der Waals surface area contributed by atoms with Gasteiger partial charge in [0, 0.05) is 10.0 Å². The molecular formula is C22H26BrNO4. The van der Waals surface area contributed by atoms with Crippen LogP contribution < -0.4 is 9.47 Å². The topological polar surface area (TPSA) is 59.0 Å². The molecule has 2 aromatic rings. The van der Waals surface area contributed by atoms with Gasteiger partial charge in [0.15, 0.2) is 0 Å². The molecule has 0 aliphatic carbocycles. The maximum atomic E-state index is 11.4. The van der Waals surface area contributed by atoms with Crippen LogP contribution in [0.1, 0.15) is 36.9 Å². The fraction of sp³-hybridized carbons (Fsp3) is 0.409. The Balaban J connectivity index is 2.00. The standard InChI is InChI=1S/C22H26BrNO4/c1-3-28-20-9-6-17(23)14-19(20)21(15-4-7-18(27-2)8-5-15)24-12-10-16(11-13-24)22(25)26/h4-9,14,16,21H,3,10-13H2,1-2H3,(H,25,26). The average molecular weight is 448 g/mol. The van der Waals surface area contributed by atoms with Gasteiger partial charge in [-0.15, -0.1) is 0 Å². The fourth-order valence-electron chi connectivity index (χ4n) is 3.80. The van der Waals surface area contributed by atoms with E-state index in [0.29, 0.717) is 19.4 Å². The Morgan fingerprint density at radius 2 is 1.89 bits per heavy atom. The first-order valence-electron chi connectivity index (χ1n) is 9.56. The highest BCUT2D eigenvalue weighted by atomic mass is 79.9. The van der Waals surface area contributed by atoms with Crippen LogP contribution in [-0.2, 0) is 4.79 Å². The molecule has 6 heteroatoms. The summed E-state index contributed by atoms with van der Waals surface area (Å²) in [7, 11) is 1.66. The second-order valence-corrected chi connectivity index (χ2v) is 7.86. The lowest BCUT2D eigenvalue weighted by Crippen LogP contribution is -2.39. The van der Waals surface area contributed by atoms with E-state index >= 15 is 0 Å². The van der Waals surface area contributed by atoms with E-state index in [1.54, 1.807) is 7.11 Å². The minimum absolute atomic E-state index is 0.0142. The zero-order valence-electron chi connectivity index (χ0n) is 16.2. The zero-order valence-corrected chi connectivity index (χ0v) is 17.8. The molecule has 1 atom stereocenters. The van der Waals surface area contributed by atoms with Gasteiger partial charge in [0.25, 0.3) is 0 Å². The molecule has 1 unspecified atom stereocenters. The maximum Gasteiger partial charge on any atom is 0.306 e. The quantitative estimate of drug-likeness (QED) is 0.663. The number of nitrogens with zero attached hydrogens (tertiary/aromatic N) is 1. The number of rotatable bonds is 7. The van der Waals surface area contributed by atoms with Gasteiger partial charge in [-0.2, -0.15) is 0 Å². The van der Waals surface area contributed by atoms with Gasteiger partial charge in [0.2, 0.25) is 0 Å². The molecule has 2 aromatic carbocycles. The van der Waals surface area contributed by atoms with Gasteiger partial charge < -0.3 is 14.6 Å². The number of aliphatic carboxylic acids is 1. The van der Waals surface area contributed by atoms with Crippen LogP contribution in [0.25, 0.3) is 0 Å². The molecule has 0 saturated carbocycles. The number of carboxylic acid groups (broad SMARTS) is 1. The second kappa shape index (κ2) is 9.43. The highest BCUT2D eigenvalue weighted by Crippen LogP contribution is 2.39. The number of likely N-dealkylation sites (tertiary alicyclic amines) is 1. The number of hydrogen-bond donors (Lipinski definition) is 1. The molecule has 150 valence electrons. The molecule has 0 spiro atoms. The number of carboxylic acids is 1. The number of ether oxygens (including phenoxy) is 2. The Kier molecular flexibility index (Phi) is 6.97. The van der Waals surface area contributed by atoms with Crippen LogP contribution in [-0.4, -0.2) is 42.8 Å². The fourth-order valence-corrected chi connectivity index (χ4v) is 4.18. The van der Waals surface area contributed by atoms with Crippen molar-refractivity contribution in [2.24, 2.45) is 5.92 Å². The van der Waals surface area contributed by atoms with Gasteiger partial charge in [0.05, 0.1) is 25.7 Å². The summed E-state index contributed by atoms with van der Waals surface area (Å²) in [5, 5.41) is 9.35. The molecule has 1 aliphatic heterocycles. The third-order valence-corrected chi connectivity index (χ3v) is 5.73. The summed E-state index contributed by atoms with van der Waals surface area (Å²) in [5.41, 5.74) is 2.21. The van der Waals surface area contributed by atoms with E-state index in [0.717, 1.165) is 40.2 Å². The van der Waals surface area contributed by atoms with Gasteiger partial charge in [-0.05, 0) is 68.8 Å². The van der Waals surface area contributed by atoms with Crippen molar-refractivity contribution in [1.29, 1.82) is 0 Å². The number of piperidine rings is 1. The first-order chi connectivity index (χ1) is 13.5. The van der Waals surface area contributed by atoms with Gasteiger partial charge >= 0.3 is 5.97 Å². The second-order valence-electron chi connectivity index (χ2n) is 6.94. The highest BCUT2D eigenvalue weighted by Gasteiger charge is 2.31. The number of carbonyl (C=O) groups is 1. The van der Waals surface area contributed by atoms with E-state index in [1.165, 1.54) is 0 Å². The van der Waals surface area contributed by atoms with Gasteiger partial charge in [-0.3, -0.25) is 9.69 Å². The summed E-state index contributed by atoms with van der Waals surface area (Å²) < 4.78 is 12.2. The lowest BCUT2D eigenvalue weighted by Gasteiger charge is -2.37. The van der Waals surface area contributed by atoms with Crippen molar-refractivity contribution in [1.82, 2.24) is 4.90 Å². The average Bonchev–Trinajstić information content (AvgIpc) is 2.71. The van der Waals surface area contributed by atoms with E-state index in [-0.39, 0.29) is 12.0 Å². The zero-order chi connectivity index (χ0) is 20.1. The molecule has 0 amide bonds. The predicted octanol–water partition coefficient (Wildman–Crippen LogP) is 4.74. The Labute approximate surface area is 174 Å². The predicted molar refractivity (Wildman–Crippen MR) is 112 cm³/mol. The van der Waals surface area contributed by atoms with Crippen molar-refractivity contribution in [3.8, 4) is 11.5 Å². The lowest BCUT2D eigenvalue weighted by atomic mass is 9.91. The Hall–Kier alpha value is -2.05. The van der Waals surface area contributed by atoms with Gasteiger partial charge in [0.1, 0.15) is 11.5 Å². The SMILES string of the molecule is CCOc1ccc(Br)cc1C(c1ccc(OC)cc1)N1CCC(C(=O)O)CC1. The monoisotopic (exact) mass is 447 g/mol. The Morgan fingerprint density at radius 1 is 1.21 bits per heavy atom. The molecule has 1 aliphatic rings. The first kappa shape index (κ1) is 20.7. The summed E-state index contributed by atoms with van der Waals surface area (Å²) in [6.07, 6.45) is 1.31. The van der Waals surface area contributed by atoms with Crippen molar-refractivity contribution >= 4 is 21.9 Å². The number of benzene rings is 2. The van der Waals surface area contributed by atoms with Crippen molar-refractivity contribution in [2.75, 3.05) is 26.8 Å². The summed E-state index contributed by atoms with van der Waals surface area (Å²) in [6, 6.07) is 14.1. The van der Waals surface area contributed by atoms with E-state index in [1.807, 2.05) is 31.2 Å². The van der Waals surface area contributed by atoms with Crippen LogP contribution in [0.4, 0.5) is 0 Å². The molecule has 0 bridgehead atoms. The molecule has 1 N–H and O–H groups in total. The number of hydrogen-bond acceptors (Lipinski definition) is 4. The molecular weight excluding hydrogens is 422 g/mol. The van der Waals surface area contributed by atoms with Crippen molar-refractivity contribution in [3.63, 3.8) is 0 Å². The maximum absolute atomic E-state index is 11.4. The van der Waals surface area contributed by atoms with Crippen LogP contribution in [0.5, 0.6) is 11.5 Å². The van der Waals surface area contributed by atoms with Gasteiger partial charge in [-0.25, -0.2) is 0 Å². The number of halogens is 1. The van der Waals surface area contributed by atoms with E-state index in [9.17, 15) is 9.90 Å². The van der Waals surface area contributed by atoms with E-state index < -0.39 is 5.97 Å². The molecule has 1 fully saturated rings. The van der Waals surface area contributed by atoms with Crippen molar-refractivity contribution in [2.45, 2.75) is 25.8 Å². The summed E-state index contributed by atoms with van der Waals surface area (Å²) in [5.74, 6) is 0.706. The largest absolute Gasteiger partial charge is 0.497 e. The molecule has 1 heterocycles. The smallest absolute Gasteiger partial charge is 0.306 e. The van der Waals surface area contributed by atoms with Crippen LogP contribution in [0.15, 0.2) is 46.9 Å². The summed E-state index contributed by atoms with van der Waals surface area (Å²) >= 11 is 3.59. The van der Waals surface area contributed by atoms with Crippen LogP contribution >= 0.6 is 15.9 Å². The minimum atomic E-state index is -0.696. The van der Waals surface area contributed by atoms with Crippen LogP contribution in [0.3, 0.4) is 0 Å². The number of methoxy groups -OCH3 is 1. The van der Waals surface area contributed by atoms with E-state index in [2.05, 4.69) is 39.0 Å². The molecule has 3 rings (SSSR count). The third kappa shape index (κ3) is 4.67. The van der Waals surface area contributed by atoms with Crippen molar-refractivity contribution < 1.29 is 19.4 Å². The third-order valence-electron chi connectivity index (χ3n) is 5.24. The van der Waals surface area contributed by atoms with Crippen molar-refractivity contribution in [3.05, 3.63) is 58.1 Å². The normalized spacial score (nSPS) is 16.5. The van der Waals surface area contributed by atoms with E-state index in [4.69, 9.17) is 9.47 Å². The Bertz CT molecular complexity index is 801. The molecule has 28 heavy (non-hydrogen) atoms. The lowest BCUT2D eigenvalue weighted by molar-refractivity contribution is -0.143. The summed E-state index contributed by atoms with van der Waals surface area (Å²) in [6.45, 7) is 4.02. The van der Waals surface area contributed by atoms with Crippen LogP contribution in [0, 0.1) is 5.92 Å². The highest BCUT2D eigenvalue weighted by molar-refractivity contribution is 9.10. The molecule has 0 aromatic heterocycles.